The second-order valence-electron chi connectivity index (χ2n) is 21.0. The van der Waals surface area contributed by atoms with Crippen molar-refractivity contribution in [1.29, 1.82) is 0 Å². The molecule has 2 atom stereocenters. The van der Waals surface area contributed by atoms with Gasteiger partial charge in [0.2, 0.25) is 0 Å². The average molecular weight is 932 g/mol. The SMILES string of the molecule is CCCCCCCCCCCCCCCCCCCCCCCCOC[C@H](COP(=O)(O)OCC[N+](C)(C)C)OCCCCCCCCCCCCCCCCCCCCCCCC. The Morgan fingerprint density at radius 1 is 0.359 bits per heavy atom. The summed E-state index contributed by atoms with van der Waals surface area (Å²) < 4.78 is 36.0. The van der Waals surface area contributed by atoms with Crippen LogP contribution in [0.25, 0.3) is 0 Å². The normalized spacial score (nSPS) is 13.5. The molecule has 0 aromatic carbocycles. The molecule has 0 amide bonds. The number of phosphoric acid groups is 1. The zero-order valence-electron chi connectivity index (χ0n) is 44.3. The first-order valence-electron chi connectivity index (χ1n) is 28.8. The number of hydrogen-bond donors (Lipinski definition) is 1. The molecule has 0 aromatic heterocycles. The number of rotatable bonds is 56. The fourth-order valence-electron chi connectivity index (χ4n) is 8.78. The molecule has 0 rings (SSSR count). The Labute approximate surface area is 402 Å². The molecule has 0 aliphatic carbocycles. The van der Waals surface area contributed by atoms with Crippen molar-refractivity contribution in [2.75, 3.05) is 60.7 Å². The van der Waals surface area contributed by atoms with Crippen LogP contribution in [0, 0.1) is 0 Å². The van der Waals surface area contributed by atoms with Crippen LogP contribution in [0.5, 0.6) is 0 Å². The molecule has 0 saturated carbocycles. The van der Waals surface area contributed by atoms with Crippen molar-refractivity contribution in [1.82, 2.24) is 0 Å². The Kier molecular flexibility index (Phi) is 50.8. The zero-order valence-corrected chi connectivity index (χ0v) is 45.2. The van der Waals surface area contributed by atoms with Crippen LogP contribution in [-0.4, -0.2) is 76.2 Å². The summed E-state index contributed by atoms with van der Waals surface area (Å²) in [5.74, 6) is 0. The molecule has 0 aliphatic rings. The average Bonchev–Trinajstić information content (AvgIpc) is 3.26. The van der Waals surface area contributed by atoms with E-state index in [-0.39, 0.29) is 19.3 Å². The Morgan fingerprint density at radius 3 is 0.906 bits per heavy atom. The zero-order chi connectivity index (χ0) is 46.8. The number of nitrogens with zero attached hydrogens (tertiary/aromatic N) is 1. The van der Waals surface area contributed by atoms with Gasteiger partial charge < -0.3 is 18.9 Å². The first kappa shape index (κ1) is 64.0. The van der Waals surface area contributed by atoms with Gasteiger partial charge >= 0.3 is 7.82 Å². The molecule has 1 N–H and O–H groups in total. The van der Waals surface area contributed by atoms with Crippen molar-refractivity contribution in [2.45, 2.75) is 302 Å². The van der Waals surface area contributed by atoms with Crippen LogP contribution >= 0.6 is 7.82 Å². The molecule has 386 valence electrons. The summed E-state index contributed by atoms with van der Waals surface area (Å²) >= 11 is 0. The first-order valence-corrected chi connectivity index (χ1v) is 30.3. The topological polar surface area (TPSA) is 74.2 Å². The lowest BCUT2D eigenvalue weighted by Gasteiger charge is -2.24. The van der Waals surface area contributed by atoms with E-state index in [9.17, 15) is 9.46 Å². The highest BCUT2D eigenvalue weighted by atomic mass is 31.2. The van der Waals surface area contributed by atoms with Gasteiger partial charge in [-0.2, -0.15) is 0 Å². The Morgan fingerprint density at radius 2 is 0.625 bits per heavy atom. The van der Waals surface area contributed by atoms with Gasteiger partial charge in [0.25, 0.3) is 0 Å². The van der Waals surface area contributed by atoms with Crippen LogP contribution in [0.4, 0.5) is 0 Å². The third-order valence-electron chi connectivity index (χ3n) is 13.2. The number of unbranched alkanes of at least 4 members (excludes halogenated alkanes) is 42. The molecule has 7 nitrogen and oxygen atoms in total. The molecule has 0 saturated heterocycles. The fraction of sp³-hybridized carbons (Fsp3) is 1.00. The number of phosphoric ester groups is 1. The van der Waals surface area contributed by atoms with E-state index in [0.717, 1.165) is 19.3 Å². The summed E-state index contributed by atoms with van der Waals surface area (Å²) in [6, 6.07) is 0. The molecule has 0 spiro atoms. The summed E-state index contributed by atoms with van der Waals surface area (Å²) in [6.45, 7) is 7.06. The third kappa shape index (κ3) is 54.6. The Hall–Kier alpha value is -0.0100. The van der Waals surface area contributed by atoms with Crippen LogP contribution in [-0.2, 0) is 23.1 Å². The molecule has 0 aliphatic heterocycles. The molecule has 0 heterocycles. The monoisotopic (exact) mass is 931 g/mol. The second kappa shape index (κ2) is 50.9. The van der Waals surface area contributed by atoms with Gasteiger partial charge in [-0.25, -0.2) is 4.57 Å². The van der Waals surface area contributed by atoms with Crippen molar-refractivity contribution >= 4 is 7.82 Å². The largest absolute Gasteiger partial charge is 0.472 e. The maximum absolute atomic E-state index is 12.6. The lowest BCUT2D eigenvalue weighted by molar-refractivity contribution is -0.870. The van der Waals surface area contributed by atoms with Crippen LogP contribution in [0.3, 0.4) is 0 Å². The Bertz CT molecular complexity index is 931. The third-order valence-corrected chi connectivity index (χ3v) is 14.2. The lowest BCUT2D eigenvalue weighted by atomic mass is 10.0. The Balaban J connectivity index is 3.91. The molecule has 0 radical (unpaired) electrons. The minimum atomic E-state index is -4.14. The van der Waals surface area contributed by atoms with E-state index in [4.69, 9.17) is 18.5 Å². The lowest BCUT2D eigenvalue weighted by Crippen LogP contribution is -2.37. The maximum Gasteiger partial charge on any atom is 0.472 e. The van der Waals surface area contributed by atoms with E-state index in [2.05, 4.69) is 13.8 Å². The van der Waals surface area contributed by atoms with E-state index >= 15 is 0 Å². The highest BCUT2D eigenvalue weighted by molar-refractivity contribution is 7.47. The molecule has 0 bridgehead atoms. The van der Waals surface area contributed by atoms with Gasteiger partial charge in [-0.15, -0.1) is 0 Å². The fourth-order valence-corrected chi connectivity index (χ4v) is 9.52. The molecule has 0 aromatic rings. The van der Waals surface area contributed by atoms with Crippen LogP contribution < -0.4 is 0 Å². The van der Waals surface area contributed by atoms with Gasteiger partial charge in [0.05, 0.1) is 34.4 Å². The standard InChI is InChI=1S/C56H116NO6P/c1-6-8-10-12-14-16-18-20-22-24-26-28-30-32-34-36-38-40-42-44-46-48-51-60-54-56(55-63-64(58,59)62-53-50-57(3,4)5)61-52-49-47-45-43-41-39-37-35-33-31-29-27-25-23-21-19-17-15-13-11-9-7-2/h56H,6-55H2,1-5H3/p+1/t56-/m1/s1. The quantitative estimate of drug-likeness (QED) is 0.0372. The van der Waals surface area contributed by atoms with Crippen molar-refractivity contribution in [3.63, 3.8) is 0 Å². The highest BCUT2D eigenvalue weighted by Gasteiger charge is 2.25. The molecular formula is C56H117NO6P+. The smallest absolute Gasteiger partial charge is 0.379 e. The van der Waals surface area contributed by atoms with Crippen molar-refractivity contribution in [3.05, 3.63) is 0 Å². The van der Waals surface area contributed by atoms with Gasteiger partial charge in [-0.05, 0) is 12.8 Å². The molecule has 1 unspecified atom stereocenters. The van der Waals surface area contributed by atoms with Crippen molar-refractivity contribution in [3.8, 4) is 0 Å². The van der Waals surface area contributed by atoms with E-state index in [1.165, 1.54) is 263 Å². The van der Waals surface area contributed by atoms with E-state index in [1.807, 2.05) is 21.1 Å². The summed E-state index contributed by atoms with van der Waals surface area (Å²) in [5.41, 5.74) is 0. The van der Waals surface area contributed by atoms with E-state index in [1.54, 1.807) is 0 Å². The van der Waals surface area contributed by atoms with Crippen molar-refractivity contribution < 1.29 is 32.5 Å². The minimum absolute atomic E-state index is 0.00316. The summed E-state index contributed by atoms with van der Waals surface area (Å²) in [5, 5.41) is 0. The van der Waals surface area contributed by atoms with E-state index < -0.39 is 7.82 Å². The van der Waals surface area contributed by atoms with Gasteiger partial charge in [0, 0.05) is 13.2 Å². The predicted molar refractivity (Wildman–Crippen MR) is 280 cm³/mol. The number of likely N-dealkylation sites (N-methyl/N-ethyl adjacent to an activating group) is 1. The summed E-state index contributed by atoms with van der Waals surface area (Å²) in [7, 11) is 1.93. The predicted octanol–water partition coefficient (Wildman–Crippen LogP) is 18.4. The molecule has 8 heteroatoms. The summed E-state index contributed by atoms with van der Waals surface area (Å²) in [6.07, 6.45) is 60.3. The van der Waals surface area contributed by atoms with E-state index in [0.29, 0.717) is 30.8 Å². The molecule has 64 heavy (non-hydrogen) atoms. The second-order valence-corrected chi connectivity index (χ2v) is 22.5. The van der Waals surface area contributed by atoms with Gasteiger partial charge in [-0.3, -0.25) is 9.05 Å². The number of ether oxygens (including phenoxy) is 2. The van der Waals surface area contributed by atoms with Gasteiger partial charge in [0.15, 0.2) is 0 Å². The molecule has 0 fully saturated rings. The number of quaternary nitrogens is 1. The van der Waals surface area contributed by atoms with Crippen LogP contribution in [0.2, 0.25) is 0 Å². The van der Waals surface area contributed by atoms with Gasteiger partial charge in [0.1, 0.15) is 19.3 Å². The molecular weight excluding hydrogens is 814 g/mol. The van der Waals surface area contributed by atoms with Crippen molar-refractivity contribution in [2.24, 2.45) is 0 Å². The highest BCUT2D eigenvalue weighted by Crippen LogP contribution is 2.43. The van der Waals surface area contributed by atoms with Gasteiger partial charge in [-0.1, -0.05) is 284 Å². The minimum Gasteiger partial charge on any atom is -0.379 e. The number of hydrogen-bond acceptors (Lipinski definition) is 5. The first-order chi connectivity index (χ1) is 31.2. The maximum atomic E-state index is 12.6. The summed E-state index contributed by atoms with van der Waals surface area (Å²) in [4.78, 5) is 10.3. The van der Waals surface area contributed by atoms with Crippen LogP contribution in [0.1, 0.15) is 296 Å². The van der Waals surface area contributed by atoms with Crippen LogP contribution in [0.15, 0.2) is 0 Å².